The highest BCUT2D eigenvalue weighted by Crippen LogP contribution is 2.32. The number of carbonyl (C=O) groups is 1. The lowest BCUT2D eigenvalue weighted by Crippen LogP contribution is -2.45. The number of hydrogen-bond donors (Lipinski definition) is 2. The minimum atomic E-state index is -0.184. The number of amides is 2. The Balaban J connectivity index is 1.50. The molecule has 194 valence electrons. The van der Waals surface area contributed by atoms with E-state index in [1.54, 1.807) is 11.9 Å². The molecule has 2 aliphatic rings. The number of rotatable bonds is 5. The molecule has 4 heterocycles. The highest BCUT2D eigenvalue weighted by atomic mass is 31.0. The molecule has 0 saturated carbocycles. The van der Waals surface area contributed by atoms with Gasteiger partial charge < -0.3 is 29.7 Å². The van der Waals surface area contributed by atoms with E-state index in [4.69, 9.17) is 14.8 Å². The van der Waals surface area contributed by atoms with Crippen LogP contribution >= 0.6 is 9.24 Å². The highest BCUT2D eigenvalue weighted by Gasteiger charge is 2.24. The molecular formula is C25H37N8O2P. The van der Waals surface area contributed by atoms with E-state index in [-0.39, 0.29) is 18.3 Å². The van der Waals surface area contributed by atoms with Crippen molar-refractivity contribution in [2.75, 3.05) is 57.1 Å². The fourth-order valence-corrected chi connectivity index (χ4v) is 5.09. The number of fused-ring (bicyclic) bond motifs is 1. The Labute approximate surface area is 214 Å². The van der Waals surface area contributed by atoms with Crippen molar-refractivity contribution < 1.29 is 9.53 Å². The summed E-state index contributed by atoms with van der Waals surface area (Å²) < 4.78 is 7.78. The molecule has 2 aromatic heterocycles. The minimum Gasteiger partial charge on any atom is -0.368 e. The van der Waals surface area contributed by atoms with Crippen molar-refractivity contribution in [3.05, 3.63) is 18.3 Å². The summed E-state index contributed by atoms with van der Waals surface area (Å²) in [5, 5.41) is 9.01. The molecule has 10 nitrogen and oxygen atoms in total. The van der Waals surface area contributed by atoms with Crippen LogP contribution in [0.4, 0.5) is 16.2 Å². The number of nitrogens with zero attached hydrogens (tertiary/aromatic N) is 6. The average Bonchev–Trinajstić information content (AvgIpc) is 3.47. The number of aromatic amines is 1. The van der Waals surface area contributed by atoms with Crippen LogP contribution in [-0.2, 0) is 4.74 Å². The minimum absolute atomic E-state index is 0.0739. The number of hydrogen-bond acceptors (Lipinski definition) is 6. The molecule has 3 aromatic rings. The molecule has 2 amide bonds. The van der Waals surface area contributed by atoms with Gasteiger partial charge in [0, 0.05) is 51.6 Å². The van der Waals surface area contributed by atoms with Crippen LogP contribution in [0.1, 0.15) is 39.3 Å². The predicted molar refractivity (Wildman–Crippen MR) is 147 cm³/mol. The smallest absolute Gasteiger partial charge is 0.321 e. The van der Waals surface area contributed by atoms with Gasteiger partial charge in [0.1, 0.15) is 6.23 Å². The Morgan fingerprint density at radius 2 is 2.03 bits per heavy atom. The van der Waals surface area contributed by atoms with E-state index in [1.807, 2.05) is 24.7 Å². The van der Waals surface area contributed by atoms with Crippen molar-refractivity contribution in [1.29, 1.82) is 0 Å². The number of nitrogens with one attached hydrogen (secondary N) is 2. The van der Waals surface area contributed by atoms with Gasteiger partial charge >= 0.3 is 6.03 Å². The number of urea groups is 1. The van der Waals surface area contributed by atoms with Crippen LogP contribution in [0.15, 0.2) is 18.3 Å². The van der Waals surface area contributed by atoms with E-state index in [9.17, 15) is 4.79 Å². The van der Waals surface area contributed by atoms with Gasteiger partial charge in [0.15, 0.2) is 11.5 Å². The van der Waals surface area contributed by atoms with Gasteiger partial charge in [-0.2, -0.15) is 5.10 Å². The second-order valence-corrected chi connectivity index (χ2v) is 10.8. The molecule has 2 fully saturated rings. The summed E-state index contributed by atoms with van der Waals surface area (Å²) in [7, 11) is 6.81. The molecular weight excluding hydrogens is 475 g/mol. The maximum atomic E-state index is 12.9. The lowest BCUT2D eigenvalue weighted by Gasteiger charge is -2.34. The summed E-state index contributed by atoms with van der Waals surface area (Å²) in [6.45, 7) is 8.77. The summed E-state index contributed by atoms with van der Waals surface area (Å²) >= 11 is 0. The molecule has 11 heteroatoms. The number of aromatic nitrogens is 4. The summed E-state index contributed by atoms with van der Waals surface area (Å²) in [6.07, 6.45) is 4.77. The van der Waals surface area contributed by atoms with Crippen LogP contribution < -0.4 is 15.5 Å². The molecule has 0 spiro atoms. The number of likely N-dealkylation sites (N-methyl/N-ethyl adjacent to an activating group) is 1. The number of piperazine rings is 1. The fourth-order valence-electron chi connectivity index (χ4n) is 4.67. The number of ether oxygens (including phenoxy) is 1. The molecule has 0 radical (unpaired) electrons. The SMILES string of the molecule is CC(C)N(C)C(=O)Nc1cn(C2CCCCO2)nc1-c1nc2cc(P)c(N3CCN(C)CC3)cc2[nH]1. The van der Waals surface area contributed by atoms with Crippen LogP contribution in [0.3, 0.4) is 0 Å². The molecule has 1 aromatic carbocycles. The summed E-state index contributed by atoms with van der Waals surface area (Å²) in [5.74, 6) is 0.627. The van der Waals surface area contributed by atoms with Gasteiger partial charge in [-0.25, -0.2) is 14.5 Å². The average molecular weight is 513 g/mol. The van der Waals surface area contributed by atoms with Crippen LogP contribution in [0.2, 0.25) is 0 Å². The maximum absolute atomic E-state index is 12.9. The standard InChI is InChI=1S/C25H37N8O2P/c1-16(2)31(4)25(34)28-19-15-33(22-7-5-6-12-35-22)29-23(19)24-26-17-13-20(21(36)14-18(17)27-24)32-10-8-30(3)9-11-32/h13-16,22H,5-12,36H2,1-4H3,(H,26,27)(H,28,34). The zero-order valence-electron chi connectivity index (χ0n) is 21.6. The van der Waals surface area contributed by atoms with E-state index in [0.717, 1.165) is 61.8 Å². The van der Waals surface area contributed by atoms with E-state index >= 15 is 0 Å². The van der Waals surface area contributed by atoms with Gasteiger partial charge in [0.25, 0.3) is 0 Å². The topological polar surface area (TPSA) is 94.5 Å². The Hall–Kier alpha value is -2.68. The van der Waals surface area contributed by atoms with Crippen molar-refractivity contribution in [3.63, 3.8) is 0 Å². The van der Waals surface area contributed by atoms with Crippen molar-refractivity contribution in [2.45, 2.75) is 45.4 Å². The van der Waals surface area contributed by atoms with Crippen LogP contribution in [-0.4, -0.2) is 88.5 Å². The van der Waals surface area contributed by atoms with Gasteiger partial charge in [-0.05, 0) is 57.6 Å². The Morgan fingerprint density at radius 1 is 1.25 bits per heavy atom. The van der Waals surface area contributed by atoms with E-state index < -0.39 is 0 Å². The Kier molecular flexibility index (Phi) is 7.19. The zero-order valence-corrected chi connectivity index (χ0v) is 22.8. The van der Waals surface area contributed by atoms with E-state index in [2.05, 4.69) is 48.5 Å². The monoisotopic (exact) mass is 512 g/mol. The molecule has 2 N–H and O–H groups in total. The van der Waals surface area contributed by atoms with Crippen LogP contribution in [0.25, 0.3) is 22.6 Å². The first-order valence-electron chi connectivity index (χ1n) is 12.8. The Morgan fingerprint density at radius 3 is 2.72 bits per heavy atom. The fraction of sp³-hybridized carbons (Fsp3) is 0.560. The second kappa shape index (κ2) is 10.4. The Bertz CT molecular complexity index is 1220. The number of imidazole rings is 1. The lowest BCUT2D eigenvalue weighted by molar-refractivity contribution is -0.0393. The number of H-pyrrole nitrogens is 1. The molecule has 36 heavy (non-hydrogen) atoms. The van der Waals surface area contributed by atoms with Crippen LogP contribution in [0, 0.1) is 0 Å². The summed E-state index contributed by atoms with van der Waals surface area (Å²) in [5.41, 5.74) is 4.24. The number of anilines is 2. The van der Waals surface area contributed by atoms with Crippen molar-refractivity contribution in [1.82, 2.24) is 29.5 Å². The normalized spacial score (nSPS) is 19.3. The van der Waals surface area contributed by atoms with Gasteiger partial charge in [-0.1, -0.05) is 0 Å². The predicted octanol–water partition coefficient (Wildman–Crippen LogP) is 3.25. The first kappa shape index (κ1) is 25.0. The molecule has 0 bridgehead atoms. The molecule has 5 rings (SSSR count). The van der Waals surface area contributed by atoms with Gasteiger partial charge in [0.2, 0.25) is 0 Å². The summed E-state index contributed by atoms with van der Waals surface area (Å²) in [4.78, 5) is 27.7. The third-order valence-corrected chi connectivity index (χ3v) is 7.68. The second-order valence-electron chi connectivity index (χ2n) is 10.1. The first-order chi connectivity index (χ1) is 17.3. The molecule has 2 saturated heterocycles. The zero-order chi connectivity index (χ0) is 25.4. The number of carbonyl (C=O) groups excluding carboxylic acids is 1. The molecule has 0 aliphatic carbocycles. The lowest BCUT2D eigenvalue weighted by atomic mass is 10.2. The quantitative estimate of drug-likeness (QED) is 0.510. The third-order valence-electron chi connectivity index (χ3n) is 7.22. The van der Waals surface area contributed by atoms with Crippen molar-refractivity contribution in [3.8, 4) is 11.5 Å². The largest absolute Gasteiger partial charge is 0.368 e. The maximum Gasteiger partial charge on any atom is 0.321 e. The number of benzene rings is 1. The van der Waals surface area contributed by atoms with E-state index in [1.165, 1.54) is 5.69 Å². The van der Waals surface area contributed by atoms with Gasteiger partial charge in [0.05, 0.1) is 22.9 Å². The molecule has 2 aliphatic heterocycles. The molecule has 2 atom stereocenters. The van der Waals surface area contributed by atoms with Crippen LogP contribution in [0.5, 0.6) is 0 Å². The summed E-state index contributed by atoms with van der Waals surface area (Å²) in [6, 6.07) is 4.16. The van der Waals surface area contributed by atoms with Gasteiger partial charge in [-0.3, -0.25) is 0 Å². The van der Waals surface area contributed by atoms with Gasteiger partial charge in [-0.15, -0.1) is 9.24 Å². The van der Waals surface area contributed by atoms with Crippen molar-refractivity contribution >= 4 is 43.0 Å². The first-order valence-corrected chi connectivity index (χ1v) is 13.4. The third kappa shape index (κ3) is 5.08. The van der Waals surface area contributed by atoms with E-state index in [0.29, 0.717) is 23.8 Å². The molecule has 2 unspecified atom stereocenters. The van der Waals surface area contributed by atoms with Crippen molar-refractivity contribution in [2.24, 2.45) is 0 Å². The highest BCUT2D eigenvalue weighted by molar-refractivity contribution is 7.28.